The second kappa shape index (κ2) is 5.28. The van der Waals surface area contributed by atoms with Crippen LogP contribution in [0, 0.1) is 40.4 Å². The molecule has 4 bridgehead atoms. The highest BCUT2D eigenvalue weighted by molar-refractivity contribution is 5.70. The van der Waals surface area contributed by atoms with Gasteiger partial charge in [0, 0.05) is 36.3 Å². The van der Waals surface area contributed by atoms with E-state index in [1.54, 1.807) is 0 Å². The zero-order chi connectivity index (χ0) is 18.6. The van der Waals surface area contributed by atoms with Crippen molar-refractivity contribution in [3.63, 3.8) is 0 Å². The third-order valence-electron chi connectivity index (χ3n) is 10.3. The SMILES string of the molecule is C[C@@H]1CN2CC3CCC4CC[C@@H](O)C4[C@]45CCC(=O)OCC34CCC1C25O. The summed E-state index contributed by atoms with van der Waals surface area (Å²) in [4.78, 5) is 14.8. The van der Waals surface area contributed by atoms with E-state index in [1.807, 2.05) is 0 Å². The van der Waals surface area contributed by atoms with Crippen LogP contribution in [0.3, 0.4) is 0 Å². The Labute approximate surface area is 161 Å². The standard InChI is InChI=1S/C22H33NO4/c1-13-10-23-11-15-4-2-14-3-5-17(24)19(14)21-9-7-18(25)27-12-20(15,21)8-6-16(13)22(21,23)26/h13-17,19,24,26H,2-12H2,1H3/t13-,14?,15?,16?,17-,19?,20?,21-,22?/m1/s1. The topological polar surface area (TPSA) is 70.0 Å². The maximum atomic E-state index is 12.6. The number of nitrogens with zero attached hydrogens (tertiary/aromatic N) is 1. The first-order valence-electron chi connectivity index (χ1n) is 11.3. The van der Waals surface area contributed by atoms with E-state index < -0.39 is 11.1 Å². The van der Waals surface area contributed by atoms with Crippen molar-refractivity contribution in [3.8, 4) is 0 Å². The van der Waals surface area contributed by atoms with Gasteiger partial charge in [-0.05, 0) is 68.6 Å². The Bertz CT molecular complexity index is 683. The van der Waals surface area contributed by atoms with Gasteiger partial charge in [0.1, 0.15) is 5.72 Å². The molecular weight excluding hydrogens is 342 g/mol. The Morgan fingerprint density at radius 3 is 2.78 bits per heavy atom. The van der Waals surface area contributed by atoms with Gasteiger partial charge >= 0.3 is 5.97 Å². The van der Waals surface area contributed by atoms with E-state index in [0.717, 1.165) is 51.6 Å². The van der Waals surface area contributed by atoms with Crippen LogP contribution in [0.15, 0.2) is 0 Å². The van der Waals surface area contributed by atoms with E-state index >= 15 is 0 Å². The molecule has 0 radical (unpaired) electrons. The molecule has 3 aliphatic heterocycles. The van der Waals surface area contributed by atoms with Crippen LogP contribution in [-0.4, -0.2) is 52.6 Å². The number of aliphatic hydroxyl groups is 2. The third-order valence-corrected chi connectivity index (χ3v) is 10.3. The average molecular weight is 376 g/mol. The van der Waals surface area contributed by atoms with Crippen molar-refractivity contribution in [2.24, 2.45) is 40.4 Å². The van der Waals surface area contributed by atoms with Crippen LogP contribution >= 0.6 is 0 Å². The molecule has 6 rings (SSSR count). The molecule has 5 nitrogen and oxygen atoms in total. The summed E-state index contributed by atoms with van der Waals surface area (Å²) in [6, 6.07) is 0. The molecular formula is C22H33NO4. The van der Waals surface area contributed by atoms with Crippen molar-refractivity contribution in [2.45, 2.75) is 70.1 Å². The van der Waals surface area contributed by atoms with Gasteiger partial charge in [0.05, 0.1) is 12.7 Å². The van der Waals surface area contributed by atoms with Gasteiger partial charge in [-0.2, -0.15) is 0 Å². The maximum Gasteiger partial charge on any atom is 0.305 e. The van der Waals surface area contributed by atoms with E-state index in [9.17, 15) is 15.0 Å². The van der Waals surface area contributed by atoms with Crippen LogP contribution in [0.5, 0.6) is 0 Å². The molecule has 0 spiro atoms. The molecule has 3 heterocycles. The lowest BCUT2D eigenvalue weighted by Gasteiger charge is -2.71. The van der Waals surface area contributed by atoms with Crippen molar-refractivity contribution in [1.82, 2.24) is 4.90 Å². The van der Waals surface area contributed by atoms with E-state index in [2.05, 4.69) is 11.8 Å². The van der Waals surface area contributed by atoms with Gasteiger partial charge in [-0.25, -0.2) is 0 Å². The Balaban J connectivity index is 1.65. The summed E-state index contributed by atoms with van der Waals surface area (Å²) < 4.78 is 5.83. The second-order valence-corrected chi connectivity index (χ2v) is 10.7. The van der Waals surface area contributed by atoms with Gasteiger partial charge in [-0.3, -0.25) is 9.69 Å². The largest absolute Gasteiger partial charge is 0.465 e. The summed E-state index contributed by atoms with van der Waals surface area (Å²) in [7, 11) is 0. The Morgan fingerprint density at radius 2 is 1.93 bits per heavy atom. The number of piperidine rings is 1. The summed E-state index contributed by atoms with van der Waals surface area (Å²) in [5.74, 6) is 1.68. The van der Waals surface area contributed by atoms with Gasteiger partial charge in [0.15, 0.2) is 0 Å². The molecule has 3 saturated heterocycles. The van der Waals surface area contributed by atoms with Gasteiger partial charge in [-0.1, -0.05) is 6.92 Å². The molecule has 2 N–H and O–H groups in total. The molecule has 6 unspecified atom stereocenters. The molecule has 3 aliphatic carbocycles. The predicted octanol–water partition coefficient (Wildman–Crippen LogP) is 2.16. The molecule has 0 aromatic heterocycles. The number of esters is 1. The molecule has 150 valence electrons. The highest BCUT2D eigenvalue weighted by Crippen LogP contribution is 2.77. The molecule has 27 heavy (non-hydrogen) atoms. The van der Waals surface area contributed by atoms with Crippen molar-refractivity contribution in [3.05, 3.63) is 0 Å². The Hall–Kier alpha value is -0.650. The monoisotopic (exact) mass is 375 g/mol. The van der Waals surface area contributed by atoms with Crippen LogP contribution in [0.25, 0.3) is 0 Å². The lowest BCUT2D eigenvalue weighted by atomic mass is 9.39. The number of carbonyl (C=O) groups excluding carboxylic acids is 1. The zero-order valence-electron chi connectivity index (χ0n) is 16.4. The fraction of sp³-hybridized carbons (Fsp3) is 0.955. The highest BCUT2D eigenvalue weighted by Gasteiger charge is 2.81. The minimum atomic E-state index is -0.881. The van der Waals surface area contributed by atoms with Crippen LogP contribution in [0.2, 0.25) is 0 Å². The minimum Gasteiger partial charge on any atom is -0.465 e. The maximum absolute atomic E-state index is 12.6. The molecule has 6 aliphatic rings. The average Bonchev–Trinajstić information content (AvgIpc) is 3.05. The molecule has 6 fully saturated rings. The van der Waals surface area contributed by atoms with E-state index in [-0.39, 0.29) is 29.3 Å². The summed E-state index contributed by atoms with van der Waals surface area (Å²) in [6.07, 6.45) is 7.04. The number of hydrogen-bond acceptors (Lipinski definition) is 5. The number of carbonyl (C=O) groups is 1. The van der Waals surface area contributed by atoms with Crippen LogP contribution < -0.4 is 0 Å². The normalized spacial score (nSPS) is 59.4. The fourth-order valence-electron chi connectivity index (χ4n) is 9.54. The van der Waals surface area contributed by atoms with E-state index in [4.69, 9.17) is 4.74 Å². The van der Waals surface area contributed by atoms with Gasteiger partial charge < -0.3 is 14.9 Å². The van der Waals surface area contributed by atoms with Crippen molar-refractivity contribution in [2.75, 3.05) is 19.7 Å². The molecule has 5 heteroatoms. The van der Waals surface area contributed by atoms with E-state index in [1.165, 1.54) is 0 Å². The first-order valence-corrected chi connectivity index (χ1v) is 11.3. The fourth-order valence-corrected chi connectivity index (χ4v) is 9.54. The number of ether oxygens (including phenoxy) is 1. The van der Waals surface area contributed by atoms with Gasteiger partial charge in [0.2, 0.25) is 0 Å². The second-order valence-electron chi connectivity index (χ2n) is 10.7. The summed E-state index contributed by atoms with van der Waals surface area (Å²) >= 11 is 0. The third kappa shape index (κ3) is 1.73. The van der Waals surface area contributed by atoms with E-state index in [0.29, 0.717) is 37.2 Å². The molecule has 3 saturated carbocycles. The van der Waals surface area contributed by atoms with Crippen molar-refractivity contribution < 1.29 is 19.7 Å². The summed E-state index contributed by atoms with van der Waals surface area (Å²) in [5, 5.41) is 23.8. The Morgan fingerprint density at radius 1 is 1.11 bits per heavy atom. The first kappa shape index (κ1) is 17.2. The molecule has 9 atom stereocenters. The van der Waals surface area contributed by atoms with Crippen LogP contribution in [0.1, 0.15) is 58.3 Å². The lowest BCUT2D eigenvalue weighted by Crippen LogP contribution is -2.78. The van der Waals surface area contributed by atoms with Crippen LogP contribution in [-0.2, 0) is 9.53 Å². The minimum absolute atomic E-state index is 0.105. The molecule has 0 amide bonds. The summed E-state index contributed by atoms with van der Waals surface area (Å²) in [5.41, 5.74) is -1.44. The number of fused-ring (bicyclic) bond motifs is 1. The quantitative estimate of drug-likeness (QED) is 0.635. The molecule has 0 aromatic rings. The highest BCUT2D eigenvalue weighted by atomic mass is 16.5. The van der Waals surface area contributed by atoms with Crippen molar-refractivity contribution in [1.29, 1.82) is 0 Å². The molecule has 0 aromatic carbocycles. The lowest BCUT2D eigenvalue weighted by molar-refractivity contribution is -0.342. The van der Waals surface area contributed by atoms with Crippen LogP contribution in [0.4, 0.5) is 0 Å². The smallest absolute Gasteiger partial charge is 0.305 e. The number of hydrogen-bond donors (Lipinski definition) is 2. The number of cyclic esters (lactones) is 1. The zero-order valence-corrected chi connectivity index (χ0v) is 16.4. The first-order chi connectivity index (χ1) is 12.9. The predicted molar refractivity (Wildman–Crippen MR) is 98.4 cm³/mol. The Kier molecular flexibility index (Phi) is 3.37. The number of rotatable bonds is 0. The summed E-state index contributed by atoms with van der Waals surface area (Å²) in [6.45, 7) is 4.65. The van der Waals surface area contributed by atoms with Gasteiger partial charge in [-0.15, -0.1) is 0 Å². The number of aliphatic hydroxyl groups excluding tert-OH is 1. The van der Waals surface area contributed by atoms with Crippen molar-refractivity contribution >= 4 is 5.97 Å². The van der Waals surface area contributed by atoms with Gasteiger partial charge in [0.25, 0.3) is 0 Å².